The van der Waals surface area contributed by atoms with Crippen molar-refractivity contribution < 1.29 is 4.74 Å². The third kappa shape index (κ3) is 3.08. The van der Waals surface area contributed by atoms with Gasteiger partial charge in [-0.1, -0.05) is 51.0 Å². The molecular formula is C15H17OP. The Morgan fingerprint density at radius 3 is 2.47 bits per heavy atom. The van der Waals surface area contributed by atoms with Crippen molar-refractivity contribution in [1.82, 2.24) is 0 Å². The zero-order valence-corrected chi connectivity index (χ0v) is 11.2. The normalized spacial score (nSPS) is 10.9. The predicted octanol–water partition coefficient (Wildman–Crippen LogP) is 3.51. The van der Waals surface area contributed by atoms with Crippen molar-refractivity contribution in [3.05, 3.63) is 59.7 Å². The summed E-state index contributed by atoms with van der Waals surface area (Å²) in [5.41, 5.74) is 2.66. The maximum absolute atomic E-state index is 5.37. The molecular weight excluding hydrogens is 227 g/mol. The van der Waals surface area contributed by atoms with Gasteiger partial charge in [0.05, 0.1) is 7.11 Å². The number of hydrogen-bond acceptors (Lipinski definition) is 1. The summed E-state index contributed by atoms with van der Waals surface area (Å²) in [5.74, 6) is 0.994. The van der Waals surface area contributed by atoms with E-state index >= 15 is 0 Å². The van der Waals surface area contributed by atoms with Crippen LogP contribution in [0.2, 0.25) is 0 Å². The van der Waals surface area contributed by atoms with Crippen LogP contribution in [0.15, 0.2) is 48.5 Å². The first kappa shape index (κ1) is 12.1. The Labute approximate surface area is 105 Å². The third-order valence-corrected chi connectivity index (χ3v) is 4.31. The second kappa shape index (κ2) is 5.84. The first-order valence-electron chi connectivity index (χ1n) is 5.72. The number of aryl methyl sites for hydroxylation is 1. The topological polar surface area (TPSA) is 9.23 Å². The van der Waals surface area contributed by atoms with Gasteiger partial charge in [-0.3, -0.25) is 0 Å². The lowest BCUT2D eigenvalue weighted by molar-refractivity contribution is 0.411. The van der Waals surface area contributed by atoms with Gasteiger partial charge in [-0.2, -0.15) is 0 Å². The maximum Gasteiger partial charge on any atom is 0.122 e. The van der Waals surface area contributed by atoms with E-state index in [0.717, 1.165) is 20.5 Å². The Morgan fingerprint density at radius 1 is 1.00 bits per heavy atom. The van der Waals surface area contributed by atoms with Crippen molar-refractivity contribution in [3.8, 4) is 5.75 Å². The van der Waals surface area contributed by atoms with Crippen LogP contribution >= 0.6 is 8.58 Å². The molecule has 2 rings (SSSR count). The quantitative estimate of drug-likeness (QED) is 0.748. The second-order valence-corrected chi connectivity index (χ2v) is 5.23. The highest BCUT2D eigenvalue weighted by Crippen LogP contribution is 2.26. The van der Waals surface area contributed by atoms with Gasteiger partial charge < -0.3 is 4.74 Å². The Bertz CT molecular complexity index is 494. The zero-order chi connectivity index (χ0) is 12.1. The highest BCUT2D eigenvalue weighted by Gasteiger charge is 2.03. The van der Waals surface area contributed by atoms with Crippen molar-refractivity contribution in [2.45, 2.75) is 13.1 Å². The molecule has 0 aliphatic rings. The lowest BCUT2D eigenvalue weighted by atomic mass is 10.2. The van der Waals surface area contributed by atoms with E-state index in [4.69, 9.17) is 4.74 Å². The summed E-state index contributed by atoms with van der Waals surface area (Å²) < 4.78 is 5.37. The molecule has 0 fully saturated rings. The monoisotopic (exact) mass is 244 g/mol. The van der Waals surface area contributed by atoms with E-state index in [1.807, 2.05) is 12.1 Å². The minimum Gasteiger partial charge on any atom is -0.496 e. The maximum atomic E-state index is 5.37. The van der Waals surface area contributed by atoms with Crippen LogP contribution in [-0.2, 0) is 6.16 Å². The van der Waals surface area contributed by atoms with E-state index in [1.54, 1.807) is 7.11 Å². The van der Waals surface area contributed by atoms with Crippen LogP contribution in [0, 0.1) is 6.92 Å². The summed E-state index contributed by atoms with van der Waals surface area (Å²) in [6, 6.07) is 16.8. The van der Waals surface area contributed by atoms with E-state index in [1.165, 1.54) is 16.4 Å². The van der Waals surface area contributed by atoms with Crippen LogP contribution in [-0.4, -0.2) is 7.11 Å². The molecule has 0 spiro atoms. The minimum absolute atomic E-state index is 0.800. The number of methoxy groups -OCH3 is 1. The number of ether oxygens (including phenoxy) is 1. The van der Waals surface area contributed by atoms with E-state index in [-0.39, 0.29) is 0 Å². The van der Waals surface area contributed by atoms with Crippen molar-refractivity contribution in [3.63, 3.8) is 0 Å². The van der Waals surface area contributed by atoms with Gasteiger partial charge >= 0.3 is 0 Å². The van der Waals surface area contributed by atoms with Crippen molar-refractivity contribution in [2.75, 3.05) is 7.11 Å². The number of para-hydroxylation sites is 1. The Hall–Kier alpha value is -1.33. The molecule has 0 saturated heterocycles. The van der Waals surface area contributed by atoms with Gasteiger partial charge in [-0.25, -0.2) is 0 Å². The fourth-order valence-corrected chi connectivity index (χ4v) is 3.06. The molecule has 1 unspecified atom stereocenters. The fourth-order valence-electron chi connectivity index (χ4n) is 1.81. The first-order chi connectivity index (χ1) is 8.31. The Morgan fingerprint density at radius 2 is 1.71 bits per heavy atom. The van der Waals surface area contributed by atoms with Gasteiger partial charge in [0.2, 0.25) is 0 Å². The smallest absolute Gasteiger partial charge is 0.122 e. The van der Waals surface area contributed by atoms with Crippen LogP contribution in [0.4, 0.5) is 0 Å². The first-order valence-corrected chi connectivity index (χ1v) is 6.93. The van der Waals surface area contributed by atoms with Gasteiger partial charge in [-0.15, -0.1) is 0 Å². The summed E-state index contributed by atoms with van der Waals surface area (Å²) in [5, 5.41) is 1.44. The zero-order valence-electron chi connectivity index (χ0n) is 10.2. The molecule has 0 aliphatic carbocycles. The molecule has 1 nitrogen and oxygen atoms in total. The predicted molar refractivity (Wildman–Crippen MR) is 75.8 cm³/mol. The van der Waals surface area contributed by atoms with Crippen molar-refractivity contribution in [2.24, 2.45) is 0 Å². The van der Waals surface area contributed by atoms with Gasteiger partial charge in [0.15, 0.2) is 0 Å². The molecule has 1 atom stereocenters. The van der Waals surface area contributed by atoms with Crippen molar-refractivity contribution >= 4 is 13.9 Å². The molecule has 2 heteroatoms. The van der Waals surface area contributed by atoms with Crippen LogP contribution < -0.4 is 10.0 Å². The van der Waals surface area contributed by atoms with Crippen molar-refractivity contribution in [1.29, 1.82) is 0 Å². The van der Waals surface area contributed by atoms with Crippen LogP contribution in [0.5, 0.6) is 5.75 Å². The second-order valence-electron chi connectivity index (χ2n) is 3.98. The number of hydrogen-bond donors (Lipinski definition) is 0. The summed E-state index contributed by atoms with van der Waals surface area (Å²) in [6.07, 6.45) is 1.05. The fraction of sp³-hybridized carbons (Fsp3) is 0.200. The lowest BCUT2D eigenvalue weighted by Crippen LogP contribution is -1.99. The van der Waals surface area contributed by atoms with Gasteiger partial charge in [-0.05, 0) is 35.6 Å². The molecule has 0 amide bonds. The van der Waals surface area contributed by atoms with Gasteiger partial charge in [0.25, 0.3) is 0 Å². The molecule has 0 bridgehead atoms. The van der Waals surface area contributed by atoms with E-state index in [9.17, 15) is 0 Å². The molecule has 0 N–H and O–H groups in total. The molecule has 0 radical (unpaired) electrons. The highest BCUT2D eigenvalue weighted by molar-refractivity contribution is 7.46. The average Bonchev–Trinajstić information content (AvgIpc) is 2.38. The summed E-state index contributed by atoms with van der Waals surface area (Å²) >= 11 is 0. The third-order valence-electron chi connectivity index (χ3n) is 2.81. The van der Waals surface area contributed by atoms with Crippen LogP contribution in [0.25, 0.3) is 0 Å². The summed E-state index contributed by atoms with van der Waals surface area (Å²) in [4.78, 5) is 0. The number of rotatable bonds is 4. The van der Waals surface area contributed by atoms with Crippen LogP contribution in [0.3, 0.4) is 0 Å². The molecule has 2 aromatic rings. The van der Waals surface area contributed by atoms with Gasteiger partial charge in [0.1, 0.15) is 5.75 Å². The molecule has 17 heavy (non-hydrogen) atoms. The lowest BCUT2D eigenvalue weighted by Gasteiger charge is -2.09. The average molecular weight is 244 g/mol. The van der Waals surface area contributed by atoms with E-state index in [2.05, 4.69) is 43.3 Å². The molecule has 2 aromatic carbocycles. The molecule has 0 heterocycles. The standard InChI is InChI=1S/C15H17OP/c1-12-7-3-6-10-15(12)17-11-13-8-4-5-9-14(13)16-2/h3-10,17H,11H2,1-2H3. The van der Waals surface area contributed by atoms with E-state index < -0.39 is 0 Å². The number of benzene rings is 2. The summed E-state index contributed by atoms with van der Waals surface area (Å²) in [7, 11) is 2.53. The Kier molecular flexibility index (Phi) is 4.17. The SMILES string of the molecule is COc1ccccc1CPc1ccccc1C. The highest BCUT2D eigenvalue weighted by atomic mass is 31.1. The molecule has 0 saturated carbocycles. The largest absolute Gasteiger partial charge is 0.496 e. The van der Waals surface area contributed by atoms with Gasteiger partial charge in [0, 0.05) is 0 Å². The molecule has 0 aromatic heterocycles. The molecule has 0 aliphatic heterocycles. The minimum atomic E-state index is 0.800. The Balaban J connectivity index is 2.10. The van der Waals surface area contributed by atoms with E-state index in [0.29, 0.717) is 0 Å². The van der Waals surface area contributed by atoms with Crippen LogP contribution in [0.1, 0.15) is 11.1 Å². The molecule has 88 valence electrons. The summed E-state index contributed by atoms with van der Waals surface area (Å²) in [6.45, 7) is 2.17.